The molecule has 0 saturated carbocycles. The Balaban J connectivity index is 1.93. The molecule has 1 heterocycles. The number of nitrogens with one attached hydrogen (secondary N) is 3. The van der Waals surface area contributed by atoms with Crippen LogP contribution in [-0.4, -0.2) is 27.6 Å². The standard InChI is InChI=1S/C23H21F6N3O3/c1-12(13-7-15(22(24,25)26)9-16(8-13)23(27,28)29)31-19(33)21(2,32-20(34)35)10-14-11-30-18-6-4-3-5-17(14)18/h3-9,11-12,30,32H,10H2,1-2H3,(H,31,33)(H,34,35). The third-order valence-corrected chi connectivity index (χ3v) is 5.56. The number of aromatic amines is 1. The molecule has 0 bridgehead atoms. The molecule has 6 nitrogen and oxygen atoms in total. The maximum atomic E-state index is 13.2. The first-order valence-corrected chi connectivity index (χ1v) is 10.3. The molecule has 0 fully saturated rings. The number of alkyl halides is 6. The molecule has 0 saturated heterocycles. The zero-order valence-electron chi connectivity index (χ0n) is 18.4. The van der Waals surface area contributed by atoms with Gasteiger partial charge < -0.3 is 20.7 Å². The van der Waals surface area contributed by atoms with Crippen molar-refractivity contribution in [2.75, 3.05) is 0 Å². The first-order chi connectivity index (χ1) is 16.1. The van der Waals surface area contributed by atoms with Gasteiger partial charge in [0, 0.05) is 23.5 Å². The Morgan fingerprint density at radius 3 is 2.11 bits per heavy atom. The highest BCUT2D eigenvalue weighted by molar-refractivity contribution is 5.91. The number of halogens is 6. The first kappa shape index (κ1) is 25.9. The zero-order chi connectivity index (χ0) is 26.2. The molecule has 188 valence electrons. The van der Waals surface area contributed by atoms with E-state index in [1.54, 1.807) is 30.5 Å². The summed E-state index contributed by atoms with van der Waals surface area (Å²) in [5, 5.41) is 14.5. The number of H-pyrrole nitrogens is 1. The average molecular weight is 501 g/mol. The highest BCUT2D eigenvalue weighted by Gasteiger charge is 2.39. The monoisotopic (exact) mass is 501 g/mol. The minimum Gasteiger partial charge on any atom is -0.465 e. The Labute approximate surface area is 195 Å². The molecule has 2 amide bonds. The number of rotatable bonds is 6. The van der Waals surface area contributed by atoms with E-state index in [4.69, 9.17) is 0 Å². The summed E-state index contributed by atoms with van der Waals surface area (Å²) >= 11 is 0. The van der Waals surface area contributed by atoms with Crippen molar-refractivity contribution in [3.63, 3.8) is 0 Å². The smallest absolute Gasteiger partial charge is 0.416 e. The molecule has 3 aromatic rings. The molecular formula is C23H21F6N3O3. The van der Waals surface area contributed by atoms with E-state index in [0.29, 0.717) is 17.7 Å². The molecule has 35 heavy (non-hydrogen) atoms. The van der Waals surface area contributed by atoms with Gasteiger partial charge in [-0.3, -0.25) is 4.79 Å². The normalized spacial score (nSPS) is 14.9. The van der Waals surface area contributed by atoms with Gasteiger partial charge in [0.1, 0.15) is 5.54 Å². The number of hydrogen-bond donors (Lipinski definition) is 4. The van der Waals surface area contributed by atoms with Crippen molar-refractivity contribution in [2.24, 2.45) is 0 Å². The highest BCUT2D eigenvalue weighted by Crippen LogP contribution is 2.37. The lowest BCUT2D eigenvalue weighted by atomic mass is 9.90. The van der Waals surface area contributed by atoms with Gasteiger partial charge in [-0.05, 0) is 49.2 Å². The van der Waals surface area contributed by atoms with Crippen molar-refractivity contribution in [3.8, 4) is 0 Å². The van der Waals surface area contributed by atoms with Crippen molar-refractivity contribution in [2.45, 2.75) is 44.2 Å². The predicted molar refractivity (Wildman–Crippen MR) is 115 cm³/mol. The number of carbonyl (C=O) groups is 2. The van der Waals surface area contributed by atoms with Crippen LogP contribution in [0.1, 0.15) is 42.1 Å². The second-order valence-electron chi connectivity index (χ2n) is 8.33. The SMILES string of the molecule is CC(NC(=O)C(C)(Cc1c[nH]c2ccccc12)NC(=O)O)c1cc(C(F)(F)F)cc(C(F)(F)F)c1. The predicted octanol–water partition coefficient (Wildman–Crippen LogP) is 5.65. The van der Waals surface area contributed by atoms with Crippen LogP contribution in [0.2, 0.25) is 0 Å². The van der Waals surface area contributed by atoms with Crippen LogP contribution in [0.15, 0.2) is 48.7 Å². The lowest BCUT2D eigenvalue weighted by Crippen LogP contribution is -2.58. The molecule has 0 aliphatic carbocycles. The number of aromatic nitrogens is 1. The molecule has 0 radical (unpaired) electrons. The summed E-state index contributed by atoms with van der Waals surface area (Å²) in [6.07, 6.45) is -10.2. The van der Waals surface area contributed by atoms with Crippen LogP contribution >= 0.6 is 0 Å². The Hall–Kier alpha value is -3.70. The second-order valence-corrected chi connectivity index (χ2v) is 8.33. The maximum absolute atomic E-state index is 13.2. The van der Waals surface area contributed by atoms with Gasteiger partial charge in [0.15, 0.2) is 0 Å². The van der Waals surface area contributed by atoms with E-state index in [2.05, 4.69) is 15.6 Å². The number of benzene rings is 2. The molecule has 0 aliphatic heterocycles. The Bertz CT molecular complexity index is 1220. The van der Waals surface area contributed by atoms with Crippen molar-refractivity contribution >= 4 is 22.9 Å². The van der Waals surface area contributed by atoms with Gasteiger partial charge in [0.25, 0.3) is 0 Å². The fourth-order valence-electron chi connectivity index (χ4n) is 3.74. The van der Waals surface area contributed by atoms with Crippen LogP contribution in [0.25, 0.3) is 10.9 Å². The highest BCUT2D eigenvalue weighted by atomic mass is 19.4. The summed E-state index contributed by atoms with van der Waals surface area (Å²) in [6, 6.07) is 6.77. The number of hydrogen-bond acceptors (Lipinski definition) is 2. The number of para-hydroxylation sites is 1. The molecule has 2 atom stereocenters. The largest absolute Gasteiger partial charge is 0.465 e. The molecular weight excluding hydrogens is 480 g/mol. The van der Waals surface area contributed by atoms with Crippen LogP contribution in [0.4, 0.5) is 31.1 Å². The maximum Gasteiger partial charge on any atom is 0.416 e. The summed E-state index contributed by atoms with van der Waals surface area (Å²) in [5.41, 5.74) is -3.96. The summed E-state index contributed by atoms with van der Waals surface area (Å²) < 4.78 is 79.2. The fourth-order valence-corrected chi connectivity index (χ4v) is 3.74. The van der Waals surface area contributed by atoms with E-state index in [1.807, 2.05) is 0 Å². The Morgan fingerprint density at radius 1 is 1.00 bits per heavy atom. The van der Waals surface area contributed by atoms with E-state index in [-0.39, 0.29) is 12.5 Å². The summed E-state index contributed by atoms with van der Waals surface area (Å²) in [4.78, 5) is 27.5. The Kier molecular flexibility index (Phi) is 6.78. The number of fused-ring (bicyclic) bond motifs is 1. The number of carboxylic acid groups (broad SMARTS) is 1. The van der Waals surface area contributed by atoms with Crippen LogP contribution < -0.4 is 10.6 Å². The van der Waals surface area contributed by atoms with Crippen LogP contribution in [0.3, 0.4) is 0 Å². The Morgan fingerprint density at radius 2 is 1.57 bits per heavy atom. The van der Waals surface area contributed by atoms with E-state index in [9.17, 15) is 41.0 Å². The topological polar surface area (TPSA) is 94.2 Å². The molecule has 1 aromatic heterocycles. The molecule has 3 rings (SSSR count). The van der Waals surface area contributed by atoms with Gasteiger partial charge in [-0.2, -0.15) is 26.3 Å². The van der Waals surface area contributed by atoms with Gasteiger partial charge >= 0.3 is 18.4 Å². The average Bonchev–Trinajstić information content (AvgIpc) is 3.14. The van der Waals surface area contributed by atoms with Gasteiger partial charge in [-0.15, -0.1) is 0 Å². The molecule has 2 unspecified atom stereocenters. The molecule has 4 N–H and O–H groups in total. The van der Waals surface area contributed by atoms with E-state index in [1.165, 1.54) is 13.8 Å². The van der Waals surface area contributed by atoms with Gasteiger partial charge in [-0.1, -0.05) is 18.2 Å². The summed E-state index contributed by atoms with van der Waals surface area (Å²) in [5.74, 6) is -0.927. The van der Waals surface area contributed by atoms with Crippen LogP contribution in [0.5, 0.6) is 0 Å². The molecule has 0 spiro atoms. The minimum absolute atomic E-state index is 0.00878. The summed E-state index contributed by atoms with van der Waals surface area (Å²) in [6.45, 7) is 2.48. The van der Waals surface area contributed by atoms with Gasteiger partial charge in [-0.25, -0.2) is 4.79 Å². The third-order valence-electron chi connectivity index (χ3n) is 5.56. The number of amides is 2. The summed E-state index contributed by atoms with van der Waals surface area (Å²) in [7, 11) is 0. The second kappa shape index (κ2) is 9.16. The lowest BCUT2D eigenvalue weighted by Gasteiger charge is -2.30. The van der Waals surface area contributed by atoms with Crippen LogP contribution in [0, 0.1) is 0 Å². The van der Waals surface area contributed by atoms with Crippen molar-refractivity contribution < 1.29 is 41.0 Å². The first-order valence-electron chi connectivity index (χ1n) is 10.3. The van der Waals surface area contributed by atoms with Crippen molar-refractivity contribution in [1.29, 1.82) is 0 Å². The fraction of sp³-hybridized carbons (Fsp3) is 0.304. The van der Waals surface area contributed by atoms with E-state index in [0.717, 1.165) is 10.9 Å². The third kappa shape index (κ3) is 5.87. The molecule has 12 heteroatoms. The quantitative estimate of drug-likeness (QED) is 0.329. The van der Waals surface area contributed by atoms with Crippen molar-refractivity contribution in [1.82, 2.24) is 15.6 Å². The van der Waals surface area contributed by atoms with E-state index < -0.39 is 52.6 Å². The molecule has 0 aliphatic rings. The van der Waals surface area contributed by atoms with Crippen molar-refractivity contribution in [3.05, 3.63) is 70.9 Å². The lowest BCUT2D eigenvalue weighted by molar-refractivity contribution is -0.143. The minimum atomic E-state index is -5.05. The van der Waals surface area contributed by atoms with Crippen LogP contribution in [-0.2, 0) is 23.6 Å². The van der Waals surface area contributed by atoms with Gasteiger partial charge in [0.05, 0.1) is 17.2 Å². The number of carbonyl (C=O) groups excluding carboxylic acids is 1. The molecule has 2 aromatic carbocycles. The zero-order valence-corrected chi connectivity index (χ0v) is 18.4. The van der Waals surface area contributed by atoms with Gasteiger partial charge in [0.2, 0.25) is 5.91 Å². The van der Waals surface area contributed by atoms with E-state index >= 15 is 0 Å².